The van der Waals surface area contributed by atoms with Gasteiger partial charge >= 0.3 is 0 Å². The molecule has 1 aromatic heterocycles. The fraction of sp³-hybridized carbons (Fsp3) is 0.786. The van der Waals surface area contributed by atoms with Crippen LogP contribution in [0.5, 0.6) is 0 Å². The molecule has 1 aromatic rings. The Hall–Kier alpha value is -0.870. The summed E-state index contributed by atoms with van der Waals surface area (Å²) >= 11 is 0. The van der Waals surface area contributed by atoms with Gasteiger partial charge in [0, 0.05) is 25.3 Å². The van der Waals surface area contributed by atoms with Crippen molar-refractivity contribution < 1.29 is 4.74 Å². The number of hydrogen-bond donors (Lipinski definition) is 1. The van der Waals surface area contributed by atoms with Gasteiger partial charge in [-0.25, -0.2) is 0 Å². The van der Waals surface area contributed by atoms with Crippen LogP contribution >= 0.6 is 0 Å². The second kappa shape index (κ2) is 4.67. The first kappa shape index (κ1) is 13.6. The lowest BCUT2D eigenvalue weighted by Crippen LogP contribution is -2.43. The molecule has 4 heteroatoms. The van der Waals surface area contributed by atoms with Gasteiger partial charge in [-0.15, -0.1) is 0 Å². The lowest BCUT2D eigenvalue weighted by molar-refractivity contribution is -0.0699. The molecule has 1 aliphatic rings. The van der Waals surface area contributed by atoms with Gasteiger partial charge in [0.2, 0.25) is 0 Å². The lowest BCUT2D eigenvalue weighted by Gasteiger charge is -2.27. The van der Waals surface area contributed by atoms with Gasteiger partial charge in [0.25, 0.3) is 0 Å². The Morgan fingerprint density at radius 2 is 2.17 bits per heavy atom. The highest BCUT2D eigenvalue weighted by molar-refractivity contribution is 5.04. The molecule has 1 N–H and O–H groups in total. The number of aryl methyl sites for hydroxylation is 1. The molecule has 1 atom stereocenters. The van der Waals surface area contributed by atoms with Crippen molar-refractivity contribution in [3.8, 4) is 0 Å². The molecule has 0 radical (unpaired) electrons. The maximum atomic E-state index is 6.09. The summed E-state index contributed by atoms with van der Waals surface area (Å²) in [4.78, 5) is 0. The number of aromatic nitrogens is 2. The number of nitrogens with zero attached hydrogens (tertiary/aromatic N) is 2. The number of nitrogens with one attached hydrogen (secondary N) is 1. The third-order valence-corrected chi connectivity index (χ3v) is 3.71. The number of rotatable bonds is 4. The maximum Gasteiger partial charge on any atom is 0.0787 e. The third kappa shape index (κ3) is 2.75. The Bertz CT molecular complexity index is 409. The summed E-state index contributed by atoms with van der Waals surface area (Å²) < 4.78 is 8.12. The molecular weight excluding hydrogens is 226 g/mol. The minimum atomic E-state index is -0.111. The molecule has 2 rings (SSSR count). The molecular formula is C14H25N3O. The average Bonchev–Trinajstić information content (AvgIpc) is 2.76. The Balaban J connectivity index is 1.98. The second-order valence-corrected chi connectivity index (χ2v) is 6.24. The summed E-state index contributed by atoms with van der Waals surface area (Å²) in [7, 11) is 0. The van der Waals surface area contributed by atoms with E-state index in [-0.39, 0.29) is 11.2 Å². The van der Waals surface area contributed by atoms with Gasteiger partial charge in [0.05, 0.1) is 16.9 Å². The summed E-state index contributed by atoms with van der Waals surface area (Å²) in [6, 6.07) is 2.46. The normalized spacial score (nSPS) is 25.5. The Labute approximate surface area is 110 Å². The number of hydrogen-bond acceptors (Lipinski definition) is 3. The first-order valence-electron chi connectivity index (χ1n) is 6.78. The van der Waals surface area contributed by atoms with E-state index in [9.17, 15) is 0 Å². The number of ether oxygens (including phenoxy) is 1. The van der Waals surface area contributed by atoms with Gasteiger partial charge < -0.3 is 10.1 Å². The van der Waals surface area contributed by atoms with Crippen LogP contribution in [0.3, 0.4) is 0 Å². The molecule has 0 amide bonds. The van der Waals surface area contributed by atoms with E-state index in [1.165, 1.54) is 5.69 Å². The van der Waals surface area contributed by atoms with Crippen LogP contribution in [0.25, 0.3) is 0 Å². The van der Waals surface area contributed by atoms with Gasteiger partial charge in [-0.3, -0.25) is 4.68 Å². The van der Waals surface area contributed by atoms with E-state index in [0.717, 1.165) is 19.5 Å². The maximum absolute atomic E-state index is 6.09. The summed E-state index contributed by atoms with van der Waals surface area (Å²) in [5.74, 6) is 0. The average molecular weight is 251 g/mol. The molecule has 18 heavy (non-hydrogen) atoms. The quantitative estimate of drug-likeness (QED) is 0.892. The van der Waals surface area contributed by atoms with Gasteiger partial charge in [-0.1, -0.05) is 0 Å². The molecule has 0 bridgehead atoms. The zero-order valence-electron chi connectivity index (χ0n) is 12.2. The predicted octanol–water partition coefficient (Wildman–Crippen LogP) is 2.34. The first-order valence-corrected chi connectivity index (χ1v) is 6.78. The van der Waals surface area contributed by atoms with E-state index in [4.69, 9.17) is 4.74 Å². The van der Waals surface area contributed by atoms with Crippen molar-refractivity contribution >= 4 is 0 Å². The van der Waals surface area contributed by atoms with E-state index in [1.807, 2.05) is 10.9 Å². The van der Waals surface area contributed by atoms with E-state index < -0.39 is 0 Å². The fourth-order valence-corrected chi connectivity index (χ4v) is 2.90. The van der Waals surface area contributed by atoms with Crippen molar-refractivity contribution in [1.29, 1.82) is 0 Å². The van der Waals surface area contributed by atoms with Gasteiger partial charge in [0.1, 0.15) is 0 Å². The van der Waals surface area contributed by atoms with E-state index >= 15 is 0 Å². The Kier molecular flexibility index (Phi) is 3.52. The zero-order valence-corrected chi connectivity index (χ0v) is 12.2. The molecule has 102 valence electrons. The van der Waals surface area contributed by atoms with Crippen molar-refractivity contribution in [1.82, 2.24) is 15.1 Å². The second-order valence-electron chi connectivity index (χ2n) is 6.24. The van der Waals surface area contributed by atoms with Crippen LogP contribution in [0, 0.1) is 0 Å². The van der Waals surface area contributed by atoms with Crippen molar-refractivity contribution in [2.75, 3.05) is 0 Å². The topological polar surface area (TPSA) is 39.1 Å². The first-order chi connectivity index (χ1) is 8.34. The fourth-order valence-electron chi connectivity index (χ4n) is 2.90. The van der Waals surface area contributed by atoms with Gasteiger partial charge in [0.15, 0.2) is 0 Å². The van der Waals surface area contributed by atoms with Gasteiger partial charge in [-0.2, -0.15) is 5.10 Å². The van der Waals surface area contributed by atoms with Crippen LogP contribution in [-0.4, -0.2) is 27.0 Å². The Morgan fingerprint density at radius 3 is 2.72 bits per heavy atom. The summed E-state index contributed by atoms with van der Waals surface area (Å²) in [5.41, 5.74) is 1.09. The molecule has 0 unspecified atom stereocenters. The molecule has 4 nitrogen and oxygen atoms in total. The summed E-state index contributed by atoms with van der Waals surface area (Å²) in [6.07, 6.45) is 2.90. The highest BCUT2D eigenvalue weighted by Gasteiger charge is 2.45. The van der Waals surface area contributed by atoms with Crippen molar-refractivity contribution in [2.24, 2.45) is 0 Å². The monoisotopic (exact) mass is 251 g/mol. The molecule has 0 saturated carbocycles. The molecule has 0 spiro atoms. The standard InChI is InChI=1S/C14H25N3O/c1-6-17-11(7-8-16-17)10-15-12-9-13(2,3)18-14(12,4)5/h7-8,12,15H,6,9-10H2,1-5H3/t12-/m0/s1. The summed E-state index contributed by atoms with van der Waals surface area (Å²) in [5, 5.41) is 7.91. The smallest absolute Gasteiger partial charge is 0.0787 e. The highest BCUT2D eigenvalue weighted by atomic mass is 16.5. The van der Waals surface area contributed by atoms with Crippen molar-refractivity contribution in [3.05, 3.63) is 18.0 Å². The van der Waals surface area contributed by atoms with Crippen LogP contribution in [0.15, 0.2) is 12.3 Å². The van der Waals surface area contributed by atoms with Crippen LogP contribution in [0.4, 0.5) is 0 Å². The molecule has 0 aliphatic carbocycles. The zero-order chi connectivity index (χ0) is 13.4. The third-order valence-electron chi connectivity index (χ3n) is 3.71. The minimum Gasteiger partial charge on any atom is -0.368 e. The largest absolute Gasteiger partial charge is 0.368 e. The molecule has 1 aliphatic heterocycles. The predicted molar refractivity (Wildman–Crippen MR) is 72.4 cm³/mol. The van der Waals surface area contributed by atoms with Crippen molar-refractivity contribution in [2.45, 2.75) is 71.4 Å². The van der Waals surface area contributed by atoms with Crippen LogP contribution in [0.1, 0.15) is 46.7 Å². The highest BCUT2D eigenvalue weighted by Crippen LogP contribution is 2.37. The SMILES string of the molecule is CCn1nccc1CN[C@H]1CC(C)(C)OC1(C)C. The van der Waals surface area contributed by atoms with Crippen LogP contribution < -0.4 is 5.32 Å². The van der Waals surface area contributed by atoms with Crippen LogP contribution in [0.2, 0.25) is 0 Å². The molecule has 2 heterocycles. The Morgan fingerprint density at radius 1 is 1.44 bits per heavy atom. The summed E-state index contributed by atoms with van der Waals surface area (Å²) in [6.45, 7) is 12.5. The van der Waals surface area contributed by atoms with Crippen molar-refractivity contribution in [3.63, 3.8) is 0 Å². The molecule has 1 saturated heterocycles. The minimum absolute atomic E-state index is 0.0355. The molecule has 1 fully saturated rings. The van der Waals surface area contributed by atoms with E-state index in [1.54, 1.807) is 0 Å². The lowest BCUT2D eigenvalue weighted by atomic mass is 9.94. The van der Waals surface area contributed by atoms with Crippen LogP contribution in [-0.2, 0) is 17.8 Å². The van der Waals surface area contributed by atoms with E-state index in [2.05, 4.69) is 51.1 Å². The van der Waals surface area contributed by atoms with E-state index in [0.29, 0.717) is 6.04 Å². The van der Waals surface area contributed by atoms with Gasteiger partial charge in [-0.05, 0) is 47.1 Å². The molecule has 0 aromatic carbocycles.